The Bertz CT molecular complexity index is 1190. The molecule has 0 fully saturated rings. The van der Waals surface area contributed by atoms with Crippen LogP contribution >= 0.6 is 22.9 Å². The summed E-state index contributed by atoms with van der Waals surface area (Å²) in [6, 6.07) is 12.8. The van der Waals surface area contributed by atoms with E-state index in [-0.39, 0.29) is 24.5 Å². The second-order valence-corrected chi connectivity index (χ2v) is 7.75. The van der Waals surface area contributed by atoms with Crippen molar-refractivity contribution in [2.24, 2.45) is 0 Å². The number of halogens is 2. The van der Waals surface area contributed by atoms with Crippen molar-refractivity contribution in [2.75, 3.05) is 6.61 Å². The molecule has 2 heterocycles. The van der Waals surface area contributed by atoms with E-state index in [0.29, 0.717) is 26.6 Å². The Kier molecular flexibility index (Phi) is 5.62. The standard InChI is InChI=1S/C21H16ClFN2O3S/c22-14-3-7-17(8-4-14)28-10-16(26)9-25-12-24-20-19(21(25)27)18(11-29-20)13-1-5-15(23)6-2-13/h1-8,11-12,16,26H,9-10H2/t16-/m0/s1. The van der Waals surface area contributed by atoms with Gasteiger partial charge in [-0.05, 0) is 42.0 Å². The molecule has 0 saturated heterocycles. The van der Waals surface area contributed by atoms with E-state index in [1.165, 1.54) is 34.4 Å². The van der Waals surface area contributed by atoms with Crippen LogP contribution in [-0.4, -0.2) is 27.4 Å². The van der Waals surface area contributed by atoms with Crippen molar-refractivity contribution >= 4 is 33.2 Å². The molecule has 0 aliphatic carbocycles. The van der Waals surface area contributed by atoms with Gasteiger partial charge in [0.15, 0.2) is 0 Å². The summed E-state index contributed by atoms with van der Waals surface area (Å²) in [5, 5.41) is 13.2. The molecular weight excluding hydrogens is 415 g/mol. The summed E-state index contributed by atoms with van der Waals surface area (Å²) in [6.45, 7) is 0.0502. The SMILES string of the molecule is O=c1c2c(-c3ccc(F)cc3)csc2ncn1C[C@H](O)COc1ccc(Cl)cc1. The lowest BCUT2D eigenvalue weighted by Crippen LogP contribution is -2.30. The van der Waals surface area contributed by atoms with Crippen molar-refractivity contribution < 1.29 is 14.2 Å². The molecule has 0 aliphatic rings. The number of aromatic nitrogens is 2. The minimum Gasteiger partial charge on any atom is -0.491 e. The highest BCUT2D eigenvalue weighted by atomic mass is 35.5. The van der Waals surface area contributed by atoms with Crippen molar-refractivity contribution in [1.82, 2.24) is 9.55 Å². The number of aliphatic hydroxyl groups is 1. The van der Waals surface area contributed by atoms with E-state index in [2.05, 4.69) is 4.98 Å². The van der Waals surface area contributed by atoms with Crippen molar-refractivity contribution in [1.29, 1.82) is 0 Å². The molecule has 0 unspecified atom stereocenters. The average Bonchev–Trinajstić information content (AvgIpc) is 3.15. The molecule has 8 heteroatoms. The number of hydrogen-bond acceptors (Lipinski definition) is 5. The molecule has 29 heavy (non-hydrogen) atoms. The first-order valence-corrected chi connectivity index (χ1v) is 10.1. The van der Waals surface area contributed by atoms with Gasteiger partial charge in [0.05, 0.1) is 18.3 Å². The van der Waals surface area contributed by atoms with Crippen LogP contribution in [0.3, 0.4) is 0 Å². The smallest absolute Gasteiger partial charge is 0.262 e. The Labute approximate surface area is 174 Å². The average molecular weight is 431 g/mol. The number of ether oxygens (including phenoxy) is 1. The number of rotatable bonds is 6. The van der Waals surface area contributed by atoms with Crippen LogP contribution in [0.2, 0.25) is 5.02 Å². The quantitative estimate of drug-likeness (QED) is 0.493. The summed E-state index contributed by atoms with van der Waals surface area (Å²) < 4.78 is 20.1. The Balaban J connectivity index is 1.55. The van der Waals surface area contributed by atoms with Crippen LogP contribution in [0, 0.1) is 5.82 Å². The van der Waals surface area contributed by atoms with Gasteiger partial charge in [-0.3, -0.25) is 9.36 Å². The molecule has 1 atom stereocenters. The van der Waals surface area contributed by atoms with Gasteiger partial charge in [0.2, 0.25) is 0 Å². The second-order valence-electron chi connectivity index (χ2n) is 6.46. The number of benzene rings is 2. The molecule has 0 bridgehead atoms. The molecule has 0 amide bonds. The first-order valence-electron chi connectivity index (χ1n) is 8.80. The molecule has 4 aromatic rings. The van der Waals surface area contributed by atoms with Crippen molar-refractivity contribution in [3.8, 4) is 16.9 Å². The van der Waals surface area contributed by atoms with E-state index in [1.54, 1.807) is 36.4 Å². The van der Waals surface area contributed by atoms with Gasteiger partial charge in [0, 0.05) is 16.0 Å². The van der Waals surface area contributed by atoms with E-state index >= 15 is 0 Å². The zero-order valence-electron chi connectivity index (χ0n) is 15.1. The first-order chi connectivity index (χ1) is 14.0. The highest BCUT2D eigenvalue weighted by Crippen LogP contribution is 2.30. The van der Waals surface area contributed by atoms with Crippen LogP contribution < -0.4 is 10.3 Å². The van der Waals surface area contributed by atoms with Gasteiger partial charge in [0.1, 0.15) is 29.1 Å². The van der Waals surface area contributed by atoms with Gasteiger partial charge in [-0.15, -0.1) is 11.3 Å². The Morgan fingerprint density at radius 2 is 1.90 bits per heavy atom. The zero-order chi connectivity index (χ0) is 20.4. The predicted octanol–water partition coefficient (Wildman–Crippen LogP) is 4.36. The van der Waals surface area contributed by atoms with Gasteiger partial charge < -0.3 is 9.84 Å². The molecule has 2 aromatic carbocycles. The third-order valence-electron chi connectivity index (χ3n) is 4.38. The summed E-state index contributed by atoms with van der Waals surface area (Å²) in [4.78, 5) is 17.9. The summed E-state index contributed by atoms with van der Waals surface area (Å²) in [5.74, 6) is 0.235. The fraction of sp³-hybridized carbons (Fsp3) is 0.143. The molecule has 148 valence electrons. The zero-order valence-corrected chi connectivity index (χ0v) is 16.7. The Morgan fingerprint density at radius 1 is 1.17 bits per heavy atom. The molecule has 0 aliphatic heterocycles. The number of fused-ring (bicyclic) bond motifs is 1. The molecular formula is C21H16ClFN2O3S. The molecule has 0 saturated carbocycles. The number of aliphatic hydroxyl groups excluding tert-OH is 1. The molecule has 5 nitrogen and oxygen atoms in total. The van der Waals surface area contributed by atoms with Gasteiger partial charge in [-0.2, -0.15) is 0 Å². The molecule has 0 spiro atoms. The Hall–Kier alpha value is -2.74. The summed E-state index contributed by atoms with van der Waals surface area (Å²) in [7, 11) is 0. The monoisotopic (exact) mass is 430 g/mol. The Morgan fingerprint density at radius 3 is 2.62 bits per heavy atom. The van der Waals surface area contributed by atoms with E-state index in [0.717, 1.165) is 5.56 Å². The highest BCUT2D eigenvalue weighted by Gasteiger charge is 2.15. The molecule has 0 radical (unpaired) electrons. The van der Waals surface area contributed by atoms with Crippen LogP contribution in [0.1, 0.15) is 0 Å². The number of thiophene rings is 1. The topological polar surface area (TPSA) is 64.4 Å². The fourth-order valence-corrected chi connectivity index (χ4v) is 3.98. The van der Waals surface area contributed by atoms with Crippen LogP contribution in [-0.2, 0) is 6.54 Å². The number of hydrogen-bond donors (Lipinski definition) is 1. The van der Waals surface area contributed by atoms with Gasteiger partial charge in [0.25, 0.3) is 5.56 Å². The predicted molar refractivity (Wildman–Crippen MR) is 112 cm³/mol. The van der Waals surface area contributed by atoms with Crippen molar-refractivity contribution in [3.05, 3.63) is 81.4 Å². The van der Waals surface area contributed by atoms with Gasteiger partial charge in [-0.1, -0.05) is 23.7 Å². The van der Waals surface area contributed by atoms with Crippen LogP contribution in [0.4, 0.5) is 4.39 Å². The molecule has 2 aromatic heterocycles. The van der Waals surface area contributed by atoms with Crippen LogP contribution in [0.5, 0.6) is 5.75 Å². The van der Waals surface area contributed by atoms with E-state index < -0.39 is 6.10 Å². The maximum atomic E-state index is 13.2. The third-order valence-corrected chi connectivity index (χ3v) is 5.52. The van der Waals surface area contributed by atoms with E-state index in [9.17, 15) is 14.3 Å². The normalized spacial score (nSPS) is 12.2. The minimum atomic E-state index is -0.907. The lowest BCUT2D eigenvalue weighted by Gasteiger charge is -2.14. The van der Waals surface area contributed by atoms with Crippen LogP contribution in [0.15, 0.2) is 65.0 Å². The third kappa shape index (κ3) is 4.32. The van der Waals surface area contributed by atoms with E-state index in [1.807, 2.05) is 5.38 Å². The number of nitrogens with zero attached hydrogens (tertiary/aromatic N) is 2. The maximum absolute atomic E-state index is 13.2. The minimum absolute atomic E-state index is 0.0145. The maximum Gasteiger partial charge on any atom is 0.262 e. The lowest BCUT2D eigenvalue weighted by molar-refractivity contribution is 0.0915. The van der Waals surface area contributed by atoms with Crippen LogP contribution in [0.25, 0.3) is 21.3 Å². The first kappa shape index (κ1) is 19.6. The van der Waals surface area contributed by atoms with Crippen molar-refractivity contribution in [2.45, 2.75) is 12.6 Å². The van der Waals surface area contributed by atoms with Gasteiger partial charge >= 0.3 is 0 Å². The highest BCUT2D eigenvalue weighted by molar-refractivity contribution is 7.17. The van der Waals surface area contributed by atoms with E-state index in [4.69, 9.17) is 16.3 Å². The van der Waals surface area contributed by atoms with Gasteiger partial charge in [-0.25, -0.2) is 9.37 Å². The lowest BCUT2D eigenvalue weighted by atomic mass is 10.1. The summed E-state index contributed by atoms with van der Waals surface area (Å²) in [5.41, 5.74) is 1.17. The summed E-state index contributed by atoms with van der Waals surface area (Å²) >= 11 is 7.18. The largest absolute Gasteiger partial charge is 0.491 e. The molecule has 4 rings (SSSR count). The fourth-order valence-electron chi connectivity index (χ4n) is 2.94. The second kappa shape index (κ2) is 8.32. The van der Waals surface area contributed by atoms with Crippen molar-refractivity contribution in [3.63, 3.8) is 0 Å². The summed E-state index contributed by atoms with van der Waals surface area (Å²) in [6.07, 6.45) is 0.511. The molecule has 1 N–H and O–H groups in total.